The molecule has 3 aromatic rings. The molecule has 1 heterocycles. The van der Waals surface area contributed by atoms with Crippen LogP contribution in [0.5, 0.6) is 17.2 Å². The number of hydrogen-bond donors (Lipinski definition) is 0. The molecule has 4 rings (SSSR count). The van der Waals surface area contributed by atoms with Crippen molar-refractivity contribution in [2.24, 2.45) is 0 Å². The van der Waals surface area contributed by atoms with Gasteiger partial charge in [-0.25, -0.2) is 0 Å². The molecule has 0 radical (unpaired) electrons. The third-order valence-corrected chi connectivity index (χ3v) is 6.12. The quantitative estimate of drug-likeness (QED) is 0.360. The molecule has 1 aliphatic rings. The van der Waals surface area contributed by atoms with Crippen molar-refractivity contribution in [1.29, 1.82) is 0 Å². The molecule has 2 amide bonds. The number of benzene rings is 2. The van der Waals surface area contributed by atoms with Gasteiger partial charge in [0, 0.05) is 12.6 Å². The van der Waals surface area contributed by atoms with Crippen molar-refractivity contribution in [2.75, 3.05) is 33.9 Å². The van der Waals surface area contributed by atoms with Crippen LogP contribution in [0, 0.1) is 0 Å². The maximum atomic E-state index is 13.4. The summed E-state index contributed by atoms with van der Waals surface area (Å²) in [5.41, 5.74) is 1.01. The zero-order valence-electron chi connectivity index (χ0n) is 20.7. The second kappa shape index (κ2) is 12.2. The zero-order valence-corrected chi connectivity index (χ0v) is 20.7. The Morgan fingerprint density at radius 2 is 1.72 bits per heavy atom. The highest BCUT2D eigenvalue weighted by Gasteiger charge is 2.35. The van der Waals surface area contributed by atoms with Crippen molar-refractivity contribution >= 4 is 11.8 Å². The van der Waals surface area contributed by atoms with Crippen LogP contribution in [0.4, 0.5) is 0 Å². The Balaban J connectivity index is 1.42. The van der Waals surface area contributed by atoms with E-state index in [4.69, 9.17) is 18.6 Å². The lowest BCUT2D eigenvalue weighted by Crippen LogP contribution is -2.45. The molecule has 1 fully saturated rings. The first-order valence-electron chi connectivity index (χ1n) is 12.1. The van der Waals surface area contributed by atoms with Crippen LogP contribution in [-0.2, 0) is 22.6 Å². The van der Waals surface area contributed by atoms with Crippen molar-refractivity contribution in [1.82, 2.24) is 9.80 Å². The van der Waals surface area contributed by atoms with E-state index < -0.39 is 0 Å². The second-order valence-electron chi connectivity index (χ2n) is 8.69. The Morgan fingerprint density at radius 1 is 0.944 bits per heavy atom. The standard InChI is InChI=1S/C28H32N2O6/c1-33-25-13-10-21(17-26(25)34-2)14-15-29(18-24-9-6-16-35-24)27(31)19-30(22-11-12-22)28(32)20-36-23-7-4-3-5-8-23/h3-10,13,16-17,22H,11-12,14-15,18-20H2,1-2H3. The summed E-state index contributed by atoms with van der Waals surface area (Å²) in [5.74, 6) is 2.29. The molecule has 1 aliphatic carbocycles. The summed E-state index contributed by atoms with van der Waals surface area (Å²) in [5, 5.41) is 0. The summed E-state index contributed by atoms with van der Waals surface area (Å²) < 4.78 is 21.9. The Bertz CT molecular complexity index is 1130. The minimum atomic E-state index is -0.187. The molecule has 8 nitrogen and oxygen atoms in total. The number of nitrogens with zero attached hydrogens (tertiary/aromatic N) is 2. The molecule has 190 valence electrons. The van der Waals surface area contributed by atoms with E-state index in [-0.39, 0.29) is 31.0 Å². The lowest BCUT2D eigenvalue weighted by Gasteiger charge is -2.27. The molecular formula is C28H32N2O6. The number of furan rings is 1. The first-order valence-corrected chi connectivity index (χ1v) is 12.1. The molecule has 2 aromatic carbocycles. The van der Waals surface area contributed by atoms with Gasteiger partial charge < -0.3 is 28.4 Å². The fourth-order valence-electron chi connectivity index (χ4n) is 3.98. The van der Waals surface area contributed by atoms with E-state index in [2.05, 4.69) is 0 Å². The Kier molecular flexibility index (Phi) is 8.49. The minimum absolute atomic E-state index is 0.00823. The van der Waals surface area contributed by atoms with Crippen molar-refractivity contribution < 1.29 is 28.2 Å². The average molecular weight is 493 g/mol. The van der Waals surface area contributed by atoms with Crippen LogP contribution >= 0.6 is 0 Å². The van der Waals surface area contributed by atoms with Crippen LogP contribution in [0.1, 0.15) is 24.2 Å². The predicted octanol–water partition coefficient (Wildman–Crippen LogP) is 3.94. The predicted molar refractivity (Wildman–Crippen MR) is 134 cm³/mol. The highest BCUT2D eigenvalue weighted by Crippen LogP contribution is 2.29. The molecule has 0 unspecified atom stereocenters. The first-order chi connectivity index (χ1) is 17.6. The van der Waals surface area contributed by atoms with E-state index in [0.717, 1.165) is 18.4 Å². The molecule has 0 spiro atoms. The van der Waals surface area contributed by atoms with Gasteiger partial charge >= 0.3 is 0 Å². The molecule has 0 saturated heterocycles. The summed E-state index contributed by atoms with van der Waals surface area (Å²) in [4.78, 5) is 29.8. The monoisotopic (exact) mass is 492 g/mol. The Morgan fingerprint density at radius 3 is 2.39 bits per heavy atom. The van der Waals surface area contributed by atoms with Gasteiger partial charge in [0.1, 0.15) is 18.1 Å². The summed E-state index contributed by atoms with van der Waals surface area (Å²) in [6.45, 7) is 0.695. The van der Waals surface area contributed by atoms with Crippen LogP contribution < -0.4 is 14.2 Å². The van der Waals surface area contributed by atoms with E-state index in [1.54, 1.807) is 48.5 Å². The molecule has 0 aliphatic heterocycles. The topological polar surface area (TPSA) is 81.5 Å². The number of amides is 2. The summed E-state index contributed by atoms with van der Waals surface area (Å²) in [7, 11) is 3.19. The van der Waals surface area contributed by atoms with Gasteiger partial charge in [-0.05, 0) is 61.2 Å². The second-order valence-corrected chi connectivity index (χ2v) is 8.69. The Hall–Kier alpha value is -3.94. The number of carbonyl (C=O) groups is 2. The third kappa shape index (κ3) is 6.81. The maximum Gasteiger partial charge on any atom is 0.261 e. The normalized spacial score (nSPS) is 12.6. The largest absolute Gasteiger partial charge is 0.493 e. The molecule has 1 aromatic heterocycles. The Labute approximate surface area is 211 Å². The van der Waals surface area contributed by atoms with Gasteiger partial charge in [0.05, 0.1) is 27.0 Å². The van der Waals surface area contributed by atoms with Gasteiger partial charge in [0.25, 0.3) is 5.91 Å². The van der Waals surface area contributed by atoms with Gasteiger partial charge in [-0.15, -0.1) is 0 Å². The van der Waals surface area contributed by atoms with Gasteiger partial charge in [-0.3, -0.25) is 9.59 Å². The van der Waals surface area contributed by atoms with Crippen LogP contribution in [0.3, 0.4) is 0 Å². The summed E-state index contributed by atoms with van der Waals surface area (Å²) in [6, 6.07) is 18.6. The van der Waals surface area contributed by atoms with Crippen molar-refractivity contribution in [3.05, 3.63) is 78.3 Å². The molecule has 36 heavy (non-hydrogen) atoms. The zero-order chi connectivity index (χ0) is 25.3. The number of para-hydroxylation sites is 1. The van der Waals surface area contributed by atoms with Gasteiger partial charge in [-0.1, -0.05) is 24.3 Å². The number of ether oxygens (including phenoxy) is 3. The fraction of sp³-hybridized carbons (Fsp3) is 0.357. The SMILES string of the molecule is COc1ccc(CCN(Cc2ccco2)C(=O)CN(C(=O)COc2ccccc2)C2CC2)cc1OC. The van der Waals surface area contributed by atoms with Crippen molar-refractivity contribution in [3.63, 3.8) is 0 Å². The third-order valence-electron chi connectivity index (χ3n) is 6.12. The van der Waals surface area contributed by atoms with E-state index in [0.29, 0.717) is 42.5 Å². The average Bonchev–Trinajstić information content (AvgIpc) is 3.63. The van der Waals surface area contributed by atoms with Crippen LogP contribution in [0.25, 0.3) is 0 Å². The van der Waals surface area contributed by atoms with Gasteiger partial charge in [0.15, 0.2) is 18.1 Å². The maximum absolute atomic E-state index is 13.4. The van der Waals surface area contributed by atoms with Gasteiger partial charge in [0.2, 0.25) is 5.91 Å². The number of rotatable bonds is 13. The summed E-state index contributed by atoms with van der Waals surface area (Å²) >= 11 is 0. The molecular weight excluding hydrogens is 460 g/mol. The van der Waals surface area contributed by atoms with Crippen molar-refractivity contribution in [3.8, 4) is 17.2 Å². The fourth-order valence-corrected chi connectivity index (χ4v) is 3.98. The molecule has 1 saturated carbocycles. The summed E-state index contributed by atoms with van der Waals surface area (Å²) in [6.07, 6.45) is 4.00. The van der Waals surface area contributed by atoms with Crippen LogP contribution in [-0.4, -0.2) is 61.6 Å². The molecule has 8 heteroatoms. The minimum Gasteiger partial charge on any atom is -0.493 e. The first kappa shape index (κ1) is 25.2. The van der Waals surface area contributed by atoms with Crippen molar-refractivity contribution in [2.45, 2.75) is 31.8 Å². The van der Waals surface area contributed by atoms with E-state index in [1.165, 1.54) is 0 Å². The lowest BCUT2D eigenvalue weighted by atomic mass is 10.1. The number of carbonyl (C=O) groups excluding carboxylic acids is 2. The molecule has 0 bridgehead atoms. The van der Waals surface area contributed by atoms with E-state index >= 15 is 0 Å². The lowest BCUT2D eigenvalue weighted by molar-refractivity contribution is -0.142. The molecule has 0 atom stereocenters. The highest BCUT2D eigenvalue weighted by atomic mass is 16.5. The smallest absolute Gasteiger partial charge is 0.261 e. The molecule has 0 N–H and O–H groups in total. The van der Waals surface area contributed by atoms with Crippen LogP contribution in [0.2, 0.25) is 0 Å². The highest BCUT2D eigenvalue weighted by molar-refractivity contribution is 5.86. The van der Waals surface area contributed by atoms with Crippen LogP contribution in [0.15, 0.2) is 71.3 Å². The van der Waals surface area contributed by atoms with Gasteiger partial charge in [-0.2, -0.15) is 0 Å². The number of methoxy groups -OCH3 is 2. The van der Waals surface area contributed by atoms with E-state index in [9.17, 15) is 9.59 Å². The van der Waals surface area contributed by atoms with E-state index in [1.807, 2.05) is 42.5 Å². The number of hydrogen-bond acceptors (Lipinski definition) is 6.